The van der Waals surface area contributed by atoms with Crippen LogP contribution in [0.1, 0.15) is 20.7 Å². The molecule has 17 heavy (non-hydrogen) atoms. The maximum absolute atomic E-state index is 12.0. The second kappa shape index (κ2) is 3.07. The highest BCUT2D eigenvalue weighted by Crippen LogP contribution is 2.35. The van der Waals surface area contributed by atoms with E-state index in [9.17, 15) is 14.7 Å². The fraction of sp³-hybridized carbons (Fsp3) is 0.0769. The number of phenolic OH excluding ortho intramolecular Hbond substituents is 1. The topological polar surface area (TPSA) is 57.6 Å². The van der Waals surface area contributed by atoms with Crippen LogP contribution in [0.2, 0.25) is 0 Å². The highest BCUT2D eigenvalue weighted by atomic mass is 16.3. The lowest BCUT2D eigenvalue weighted by Gasteiger charge is -2.04. The number of hydrogen-bond acceptors (Lipinski definition) is 3. The third-order valence-corrected chi connectivity index (χ3v) is 3.07. The lowest BCUT2D eigenvalue weighted by atomic mass is 9.99. The molecule has 0 bridgehead atoms. The summed E-state index contributed by atoms with van der Waals surface area (Å²) in [5.41, 5.74) is 0.407. The van der Waals surface area contributed by atoms with Gasteiger partial charge in [-0.25, -0.2) is 0 Å². The molecule has 0 spiro atoms. The first-order chi connectivity index (χ1) is 8.11. The summed E-state index contributed by atoms with van der Waals surface area (Å²) in [5, 5.41) is 11.3. The van der Waals surface area contributed by atoms with Crippen LogP contribution >= 0.6 is 0 Å². The molecule has 1 aliphatic rings. The van der Waals surface area contributed by atoms with Crippen molar-refractivity contribution in [2.24, 2.45) is 0 Å². The second-order valence-electron chi connectivity index (χ2n) is 4.04. The van der Waals surface area contributed by atoms with E-state index in [0.29, 0.717) is 10.9 Å². The monoisotopic (exact) mass is 227 g/mol. The molecule has 1 N–H and O–H groups in total. The van der Waals surface area contributed by atoms with Crippen molar-refractivity contribution in [2.75, 3.05) is 7.05 Å². The summed E-state index contributed by atoms with van der Waals surface area (Å²) in [6.07, 6.45) is 0. The first-order valence-electron chi connectivity index (χ1n) is 5.18. The number of carbonyl (C=O) groups excluding carboxylic acids is 2. The molecule has 0 saturated carbocycles. The van der Waals surface area contributed by atoms with Crippen molar-refractivity contribution in [1.29, 1.82) is 0 Å². The Balaban J connectivity index is 2.51. The number of phenols is 1. The Morgan fingerprint density at radius 3 is 2.47 bits per heavy atom. The van der Waals surface area contributed by atoms with Crippen LogP contribution in [0.5, 0.6) is 5.75 Å². The van der Waals surface area contributed by atoms with Crippen LogP contribution in [-0.4, -0.2) is 28.9 Å². The minimum atomic E-state index is -0.451. The number of hydrogen-bond donors (Lipinski definition) is 1. The molecule has 0 fully saturated rings. The molecular weight excluding hydrogens is 218 g/mol. The average molecular weight is 227 g/mol. The van der Waals surface area contributed by atoms with Gasteiger partial charge in [-0.3, -0.25) is 14.5 Å². The van der Waals surface area contributed by atoms with E-state index in [1.54, 1.807) is 18.2 Å². The summed E-state index contributed by atoms with van der Waals surface area (Å²) in [6.45, 7) is 0. The summed E-state index contributed by atoms with van der Waals surface area (Å²) < 4.78 is 0. The zero-order chi connectivity index (χ0) is 12.2. The van der Waals surface area contributed by atoms with Crippen molar-refractivity contribution >= 4 is 22.6 Å². The lowest BCUT2D eigenvalue weighted by molar-refractivity contribution is 0.0693. The first-order valence-corrected chi connectivity index (χ1v) is 5.18. The normalized spacial score (nSPS) is 14.5. The number of amides is 2. The number of carbonyl (C=O) groups is 2. The maximum atomic E-state index is 12.0. The summed E-state index contributed by atoms with van der Waals surface area (Å²) in [7, 11) is 1.42. The van der Waals surface area contributed by atoms with E-state index in [-0.39, 0.29) is 17.2 Å². The molecule has 2 aromatic rings. The molecule has 1 heterocycles. The average Bonchev–Trinajstić information content (AvgIpc) is 2.55. The summed E-state index contributed by atoms with van der Waals surface area (Å²) >= 11 is 0. The van der Waals surface area contributed by atoms with Gasteiger partial charge >= 0.3 is 0 Å². The van der Waals surface area contributed by atoms with Crippen LogP contribution in [0.4, 0.5) is 0 Å². The van der Waals surface area contributed by atoms with Crippen molar-refractivity contribution < 1.29 is 14.7 Å². The van der Waals surface area contributed by atoms with Gasteiger partial charge < -0.3 is 5.11 Å². The van der Waals surface area contributed by atoms with Gasteiger partial charge in [-0.2, -0.15) is 0 Å². The first kappa shape index (κ1) is 9.84. The molecule has 0 aliphatic carbocycles. The molecule has 2 aromatic carbocycles. The largest absolute Gasteiger partial charge is 0.507 e. The predicted molar refractivity (Wildman–Crippen MR) is 62.0 cm³/mol. The fourth-order valence-electron chi connectivity index (χ4n) is 2.20. The Bertz CT molecular complexity index is 676. The molecule has 3 rings (SSSR count). The van der Waals surface area contributed by atoms with Gasteiger partial charge in [0, 0.05) is 7.05 Å². The third-order valence-electron chi connectivity index (χ3n) is 3.07. The van der Waals surface area contributed by atoms with Crippen molar-refractivity contribution in [2.45, 2.75) is 0 Å². The Hall–Kier alpha value is -2.36. The zero-order valence-electron chi connectivity index (χ0n) is 9.10. The van der Waals surface area contributed by atoms with E-state index in [1.807, 2.05) is 6.07 Å². The van der Waals surface area contributed by atoms with Gasteiger partial charge in [-0.15, -0.1) is 0 Å². The van der Waals surface area contributed by atoms with Gasteiger partial charge in [-0.05, 0) is 16.8 Å². The summed E-state index contributed by atoms with van der Waals surface area (Å²) in [6, 6.07) is 8.71. The minimum absolute atomic E-state index is 0.108. The van der Waals surface area contributed by atoms with Crippen LogP contribution in [0.3, 0.4) is 0 Å². The number of rotatable bonds is 0. The highest BCUT2D eigenvalue weighted by molar-refractivity contribution is 6.27. The molecule has 0 radical (unpaired) electrons. The molecule has 0 unspecified atom stereocenters. The maximum Gasteiger partial charge on any atom is 0.265 e. The van der Waals surface area contributed by atoms with Gasteiger partial charge in [0.1, 0.15) is 5.75 Å². The summed E-state index contributed by atoms with van der Waals surface area (Å²) in [5.74, 6) is -0.952. The van der Waals surface area contributed by atoms with E-state index >= 15 is 0 Å². The van der Waals surface area contributed by atoms with Crippen LogP contribution in [0.25, 0.3) is 10.8 Å². The molecule has 1 aliphatic heterocycles. The van der Waals surface area contributed by atoms with E-state index in [2.05, 4.69) is 0 Å². The van der Waals surface area contributed by atoms with Crippen molar-refractivity contribution in [3.63, 3.8) is 0 Å². The highest BCUT2D eigenvalue weighted by Gasteiger charge is 2.36. The van der Waals surface area contributed by atoms with Crippen LogP contribution in [-0.2, 0) is 0 Å². The van der Waals surface area contributed by atoms with E-state index < -0.39 is 5.91 Å². The Morgan fingerprint density at radius 1 is 1.06 bits per heavy atom. The third kappa shape index (κ3) is 1.12. The van der Waals surface area contributed by atoms with Crippen molar-refractivity contribution in [1.82, 2.24) is 4.90 Å². The molecule has 0 aromatic heterocycles. The zero-order valence-corrected chi connectivity index (χ0v) is 9.10. The molecule has 84 valence electrons. The van der Waals surface area contributed by atoms with Gasteiger partial charge in [0.25, 0.3) is 11.8 Å². The number of fused-ring (bicyclic) bond motifs is 3. The molecule has 0 saturated heterocycles. The van der Waals surface area contributed by atoms with E-state index in [1.165, 1.54) is 13.1 Å². The molecule has 2 amide bonds. The Labute approximate surface area is 97.1 Å². The van der Waals surface area contributed by atoms with Crippen LogP contribution < -0.4 is 0 Å². The fourth-order valence-corrected chi connectivity index (χ4v) is 2.20. The Morgan fingerprint density at radius 2 is 1.71 bits per heavy atom. The lowest BCUT2D eigenvalue weighted by Crippen LogP contribution is -2.24. The molecule has 4 heteroatoms. The van der Waals surface area contributed by atoms with Gasteiger partial charge in [0.15, 0.2) is 0 Å². The quantitative estimate of drug-likeness (QED) is 0.698. The predicted octanol–water partition coefficient (Wildman–Crippen LogP) is 1.77. The van der Waals surface area contributed by atoms with Crippen molar-refractivity contribution in [3.8, 4) is 5.75 Å². The smallest absolute Gasteiger partial charge is 0.265 e. The van der Waals surface area contributed by atoms with Crippen LogP contribution in [0, 0.1) is 0 Å². The van der Waals surface area contributed by atoms with E-state index in [0.717, 1.165) is 10.3 Å². The molecular formula is C13H9NO3. The second-order valence-corrected chi connectivity index (χ2v) is 4.04. The van der Waals surface area contributed by atoms with E-state index in [4.69, 9.17) is 0 Å². The van der Waals surface area contributed by atoms with Gasteiger partial charge in [-0.1, -0.05) is 24.3 Å². The van der Waals surface area contributed by atoms with Crippen LogP contribution in [0.15, 0.2) is 30.3 Å². The number of imide groups is 1. The number of aromatic hydroxyl groups is 1. The number of benzene rings is 2. The van der Waals surface area contributed by atoms with Gasteiger partial charge in [0.2, 0.25) is 0 Å². The molecule has 4 nitrogen and oxygen atoms in total. The minimum Gasteiger partial charge on any atom is -0.507 e. The standard InChI is InChI=1S/C13H9NO3/c1-14-12(16)10-8-5-3-2-4-7(8)6-9(15)11(10)13(14)17/h2-6,15H,1H3. The molecule has 0 atom stereocenters. The Kier molecular flexibility index (Phi) is 1.78. The SMILES string of the molecule is CN1C(=O)c2c(O)cc3ccccc3c2C1=O. The van der Waals surface area contributed by atoms with Gasteiger partial charge in [0.05, 0.1) is 11.1 Å². The van der Waals surface area contributed by atoms with Crippen molar-refractivity contribution in [3.05, 3.63) is 41.5 Å². The number of nitrogens with zero attached hydrogens (tertiary/aromatic N) is 1. The summed E-state index contributed by atoms with van der Waals surface area (Å²) in [4.78, 5) is 24.8.